The Balaban J connectivity index is 1.38. The van der Waals surface area contributed by atoms with Gasteiger partial charge in [-0.1, -0.05) is 11.8 Å². The summed E-state index contributed by atoms with van der Waals surface area (Å²) in [5.74, 6) is 4.78. The van der Waals surface area contributed by atoms with E-state index in [2.05, 4.69) is 16.8 Å². The number of carbonyl (C=O) groups excluding carboxylic acids is 1. The number of rotatable bonds is 7. The van der Waals surface area contributed by atoms with Crippen LogP contribution in [0.4, 0.5) is 4.39 Å². The molecule has 2 atom stereocenters. The lowest BCUT2D eigenvalue weighted by molar-refractivity contribution is -0.146. The first kappa shape index (κ1) is 23.9. The number of piperidine rings is 1. The van der Waals surface area contributed by atoms with Crippen molar-refractivity contribution in [2.45, 2.75) is 19.3 Å². The molecule has 1 fully saturated rings. The number of aromatic nitrogens is 1. The number of Topliss-reactive ketones (excluding diaryl/α,β-unsaturated/α-hetero) is 1. The van der Waals surface area contributed by atoms with E-state index < -0.39 is 11.9 Å². The summed E-state index contributed by atoms with van der Waals surface area (Å²) < 4.78 is 18.4. The summed E-state index contributed by atoms with van der Waals surface area (Å²) in [6.45, 7) is 1.53. The maximum Gasteiger partial charge on any atom is 0.308 e. The molecular weight excluding hydrogens is 455 g/mol. The Labute approximate surface area is 201 Å². The minimum absolute atomic E-state index is 0.0266. The van der Waals surface area contributed by atoms with E-state index in [1.165, 1.54) is 22.8 Å². The Hall–Kier alpha value is -3.28. The largest absolute Gasteiger partial charge is 0.497 e. The van der Waals surface area contributed by atoms with Crippen LogP contribution in [-0.4, -0.2) is 53.5 Å². The van der Waals surface area contributed by atoms with Gasteiger partial charge in [-0.2, -0.15) is 0 Å². The van der Waals surface area contributed by atoms with Crippen molar-refractivity contribution in [3.8, 4) is 17.6 Å². The average Bonchev–Trinajstić information content (AvgIpc) is 3.26. The molecule has 4 rings (SSSR count). The maximum absolute atomic E-state index is 13.1. The topological polar surface area (TPSA) is 79.7 Å². The second kappa shape index (κ2) is 10.8. The van der Waals surface area contributed by atoms with Gasteiger partial charge in [-0.15, -0.1) is 11.3 Å². The fraction of sp³-hybridized carbons (Fsp3) is 0.346. The zero-order valence-corrected chi connectivity index (χ0v) is 19.6. The van der Waals surface area contributed by atoms with Crippen molar-refractivity contribution >= 4 is 34.0 Å². The van der Waals surface area contributed by atoms with Gasteiger partial charge < -0.3 is 9.84 Å². The third-order valence-electron chi connectivity index (χ3n) is 6.23. The highest BCUT2D eigenvalue weighted by atomic mass is 32.1. The van der Waals surface area contributed by atoms with E-state index in [0.29, 0.717) is 48.7 Å². The smallest absolute Gasteiger partial charge is 0.308 e. The van der Waals surface area contributed by atoms with Crippen molar-refractivity contribution in [1.82, 2.24) is 9.88 Å². The summed E-state index contributed by atoms with van der Waals surface area (Å²) in [5, 5.41) is 11.9. The Morgan fingerprint density at radius 2 is 2.18 bits per heavy atom. The lowest BCUT2D eigenvalue weighted by atomic mass is 9.81. The van der Waals surface area contributed by atoms with E-state index in [-0.39, 0.29) is 23.9 Å². The van der Waals surface area contributed by atoms with Crippen LogP contribution in [0.1, 0.15) is 34.5 Å². The number of halogens is 1. The van der Waals surface area contributed by atoms with Crippen molar-refractivity contribution < 1.29 is 23.8 Å². The molecule has 1 N–H and O–H groups in total. The number of methoxy groups -OCH3 is 1. The zero-order chi connectivity index (χ0) is 24.1. The first-order valence-electron chi connectivity index (χ1n) is 11.1. The van der Waals surface area contributed by atoms with Crippen LogP contribution in [0, 0.1) is 29.5 Å². The maximum atomic E-state index is 13.1. The van der Waals surface area contributed by atoms with Crippen molar-refractivity contribution in [3.63, 3.8) is 0 Å². The minimum atomic E-state index is -0.852. The van der Waals surface area contributed by atoms with E-state index in [0.717, 1.165) is 10.9 Å². The fourth-order valence-electron chi connectivity index (χ4n) is 4.40. The Morgan fingerprint density at radius 1 is 1.32 bits per heavy atom. The lowest BCUT2D eigenvalue weighted by Crippen LogP contribution is -2.44. The third-order valence-corrected chi connectivity index (χ3v) is 7.05. The number of aliphatic carboxylic acids is 1. The van der Waals surface area contributed by atoms with Gasteiger partial charge in [-0.05, 0) is 49.6 Å². The molecule has 3 aromatic rings. The number of carbonyl (C=O) groups is 2. The van der Waals surface area contributed by atoms with Crippen LogP contribution in [0.2, 0.25) is 0 Å². The molecule has 0 bridgehead atoms. The molecule has 0 amide bonds. The monoisotopic (exact) mass is 480 g/mol. The summed E-state index contributed by atoms with van der Waals surface area (Å²) >= 11 is 1.25. The quantitative estimate of drug-likeness (QED) is 0.397. The molecule has 2 aromatic heterocycles. The number of ketones is 1. The van der Waals surface area contributed by atoms with Gasteiger partial charge in [-0.25, -0.2) is 4.39 Å². The molecule has 8 heteroatoms. The molecule has 1 aliphatic heterocycles. The number of thiophene rings is 1. The molecule has 1 aromatic carbocycles. The molecule has 3 heterocycles. The van der Waals surface area contributed by atoms with Crippen molar-refractivity contribution in [2.75, 3.05) is 26.7 Å². The summed E-state index contributed by atoms with van der Waals surface area (Å²) in [6.07, 6.45) is 3.09. The number of likely N-dealkylation sites (tertiary alicyclic amines) is 1. The molecule has 6 nitrogen and oxygen atoms in total. The third kappa shape index (κ3) is 5.61. The average molecular weight is 481 g/mol. The predicted octanol–water partition coefficient (Wildman–Crippen LogP) is 4.48. The molecule has 0 saturated carbocycles. The standard InChI is InChI=1S/C26H25FN2O4S/c1-33-19-5-6-24-22(14-19)21(8-10-28-24)25(30)7-4-17-9-12-29(15-23(17)26(31)32)11-2-3-20-13-18(27)16-34-20/h5-6,8,10,13-14,16-17,23H,4,7,9,11-12,15H2,1H3,(H,31,32). The molecule has 34 heavy (non-hydrogen) atoms. The predicted molar refractivity (Wildman–Crippen MR) is 129 cm³/mol. The van der Waals surface area contributed by atoms with Gasteiger partial charge in [0.1, 0.15) is 11.6 Å². The molecule has 176 valence electrons. The van der Waals surface area contributed by atoms with Crippen LogP contribution in [0.5, 0.6) is 5.75 Å². The van der Waals surface area contributed by atoms with Crippen molar-refractivity contribution in [1.29, 1.82) is 0 Å². The van der Waals surface area contributed by atoms with Gasteiger partial charge in [0.25, 0.3) is 0 Å². The fourth-order valence-corrected chi connectivity index (χ4v) is 5.02. The lowest BCUT2D eigenvalue weighted by Gasteiger charge is -2.35. The van der Waals surface area contributed by atoms with Gasteiger partial charge in [0.2, 0.25) is 0 Å². The molecular formula is C26H25FN2O4S. The van der Waals surface area contributed by atoms with E-state index in [4.69, 9.17) is 4.74 Å². The summed E-state index contributed by atoms with van der Waals surface area (Å²) in [6, 6.07) is 8.53. The van der Waals surface area contributed by atoms with Crippen molar-refractivity contribution in [3.05, 3.63) is 58.2 Å². The molecule has 0 radical (unpaired) electrons. The van der Waals surface area contributed by atoms with Crippen LogP contribution >= 0.6 is 11.3 Å². The van der Waals surface area contributed by atoms with E-state index in [9.17, 15) is 19.1 Å². The number of fused-ring (bicyclic) bond motifs is 1. The molecule has 0 spiro atoms. The highest BCUT2D eigenvalue weighted by Gasteiger charge is 2.34. The Morgan fingerprint density at radius 3 is 2.91 bits per heavy atom. The van der Waals surface area contributed by atoms with Crippen LogP contribution in [0.3, 0.4) is 0 Å². The highest BCUT2D eigenvalue weighted by Crippen LogP contribution is 2.30. The van der Waals surface area contributed by atoms with Crippen LogP contribution < -0.4 is 4.74 Å². The summed E-state index contributed by atoms with van der Waals surface area (Å²) in [7, 11) is 1.57. The second-order valence-corrected chi connectivity index (χ2v) is 9.27. The summed E-state index contributed by atoms with van der Waals surface area (Å²) in [5.41, 5.74) is 1.29. The number of hydrogen-bond acceptors (Lipinski definition) is 6. The number of nitrogens with zero attached hydrogens (tertiary/aromatic N) is 2. The van der Waals surface area contributed by atoms with Gasteiger partial charge >= 0.3 is 5.97 Å². The first-order valence-corrected chi connectivity index (χ1v) is 12.0. The highest BCUT2D eigenvalue weighted by molar-refractivity contribution is 7.10. The number of carboxylic acid groups (broad SMARTS) is 1. The number of benzene rings is 1. The zero-order valence-electron chi connectivity index (χ0n) is 18.8. The molecule has 1 aliphatic rings. The first-order chi connectivity index (χ1) is 16.4. The number of ether oxygens (including phenoxy) is 1. The number of hydrogen-bond donors (Lipinski definition) is 1. The number of carboxylic acids is 1. The Bertz CT molecular complexity index is 1260. The second-order valence-electron chi connectivity index (χ2n) is 8.36. The minimum Gasteiger partial charge on any atom is -0.497 e. The van der Waals surface area contributed by atoms with E-state index in [1.807, 2.05) is 11.0 Å². The normalized spacial score (nSPS) is 18.3. The van der Waals surface area contributed by atoms with E-state index >= 15 is 0 Å². The van der Waals surface area contributed by atoms with Crippen LogP contribution in [0.15, 0.2) is 41.9 Å². The van der Waals surface area contributed by atoms with Gasteiger partial charge in [0, 0.05) is 41.6 Å². The van der Waals surface area contributed by atoms with Crippen molar-refractivity contribution in [2.24, 2.45) is 11.8 Å². The SMILES string of the molecule is COc1ccc2nccc(C(=O)CCC3CCN(CC#Cc4cc(F)cs4)CC3C(=O)O)c2c1. The Kier molecular flexibility index (Phi) is 7.56. The van der Waals surface area contributed by atoms with Crippen LogP contribution in [0.25, 0.3) is 10.9 Å². The number of pyridine rings is 1. The molecule has 2 unspecified atom stereocenters. The molecule has 0 aliphatic carbocycles. The van der Waals surface area contributed by atoms with Gasteiger partial charge in [0.15, 0.2) is 5.78 Å². The van der Waals surface area contributed by atoms with Crippen LogP contribution in [-0.2, 0) is 4.79 Å². The summed E-state index contributed by atoms with van der Waals surface area (Å²) in [4.78, 5) is 32.0. The van der Waals surface area contributed by atoms with E-state index in [1.54, 1.807) is 31.5 Å². The molecule has 1 saturated heterocycles. The van der Waals surface area contributed by atoms with Gasteiger partial charge in [0.05, 0.1) is 30.0 Å². The van der Waals surface area contributed by atoms with Gasteiger partial charge in [-0.3, -0.25) is 19.5 Å².